The molecule has 1 unspecified atom stereocenters. The zero-order valence-corrected chi connectivity index (χ0v) is 9.06. The van der Waals surface area contributed by atoms with Crippen molar-refractivity contribution in [1.82, 2.24) is 0 Å². The summed E-state index contributed by atoms with van der Waals surface area (Å²) in [5.41, 5.74) is 0.892. The van der Waals surface area contributed by atoms with Crippen molar-refractivity contribution in [2.75, 3.05) is 11.5 Å². The number of anilines is 1. The van der Waals surface area contributed by atoms with Gasteiger partial charge < -0.3 is 9.64 Å². The molecule has 0 N–H and O–H groups in total. The molecule has 0 aliphatic carbocycles. The first kappa shape index (κ1) is 10.0. The first-order valence-electron chi connectivity index (χ1n) is 5.28. The molecule has 1 aliphatic rings. The molecule has 1 aromatic carbocycles. The molecule has 3 heteroatoms. The Labute approximate surface area is 89.7 Å². The van der Waals surface area contributed by atoms with Gasteiger partial charge in [0.1, 0.15) is 5.75 Å². The summed E-state index contributed by atoms with van der Waals surface area (Å²) in [6.45, 7) is 4.29. The summed E-state index contributed by atoms with van der Waals surface area (Å²) in [5.74, 6) is 0.848. The van der Waals surface area contributed by atoms with Gasteiger partial charge in [-0.3, -0.25) is 4.79 Å². The van der Waals surface area contributed by atoms with E-state index in [9.17, 15) is 4.79 Å². The summed E-state index contributed by atoms with van der Waals surface area (Å²) in [4.78, 5) is 13.6. The number of para-hydroxylation sites is 2. The van der Waals surface area contributed by atoms with Crippen LogP contribution in [0.15, 0.2) is 24.3 Å². The van der Waals surface area contributed by atoms with Gasteiger partial charge in [-0.05, 0) is 25.5 Å². The van der Waals surface area contributed by atoms with Crippen molar-refractivity contribution in [3.05, 3.63) is 24.3 Å². The number of rotatable bonds is 2. The van der Waals surface area contributed by atoms with Gasteiger partial charge in [0.2, 0.25) is 0 Å². The highest BCUT2D eigenvalue weighted by molar-refractivity contribution is 5.98. The van der Waals surface area contributed by atoms with Crippen molar-refractivity contribution in [3.63, 3.8) is 0 Å². The van der Waals surface area contributed by atoms with Crippen LogP contribution in [-0.2, 0) is 4.79 Å². The SMILES string of the molecule is CCC(C)N1C(=O)COc2ccccc21. The van der Waals surface area contributed by atoms with E-state index in [1.54, 1.807) is 0 Å². The van der Waals surface area contributed by atoms with E-state index in [-0.39, 0.29) is 18.6 Å². The molecule has 80 valence electrons. The average Bonchev–Trinajstić information content (AvgIpc) is 2.28. The Morgan fingerprint density at radius 3 is 2.93 bits per heavy atom. The minimum absolute atomic E-state index is 0.0445. The molecule has 1 aliphatic heterocycles. The maximum atomic E-state index is 11.8. The van der Waals surface area contributed by atoms with E-state index in [1.165, 1.54) is 0 Å². The lowest BCUT2D eigenvalue weighted by Crippen LogP contribution is -2.44. The van der Waals surface area contributed by atoms with Crippen LogP contribution >= 0.6 is 0 Å². The molecule has 1 amide bonds. The number of carbonyl (C=O) groups excluding carboxylic acids is 1. The first-order chi connectivity index (χ1) is 7.24. The Balaban J connectivity index is 2.41. The molecular weight excluding hydrogens is 190 g/mol. The van der Waals surface area contributed by atoms with E-state index in [0.717, 1.165) is 17.9 Å². The second-order valence-corrected chi connectivity index (χ2v) is 3.78. The van der Waals surface area contributed by atoms with Crippen LogP contribution in [0.3, 0.4) is 0 Å². The van der Waals surface area contributed by atoms with Crippen molar-refractivity contribution in [2.45, 2.75) is 26.3 Å². The van der Waals surface area contributed by atoms with Crippen LogP contribution < -0.4 is 9.64 Å². The minimum atomic E-state index is 0.0445. The average molecular weight is 205 g/mol. The molecule has 0 fully saturated rings. The third kappa shape index (κ3) is 1.69. The Morgan fingerprint density at radius 2 is 2.20 bits per heavy atom. The van der Waals surface area contributed by atoms with Gasteiger partial charge in [0.15, 0.2) is 6.61 Å². The summed E-state index contributed by atoms with van der Waals surface area (Å²) in [5, 5.41) is 0. The molecule has 3 nitrogen and oxygen atoms in total. The third-order valence-electron chi connectivity index (χ3n) is 2.78. The maximum Gasteiger partial charge on any atom is 0.265 e. The number of hydrogen-bond acceptors (Lipinski definition) is 2. The monoisotopic (exact) mass is 205 g/mol. The predicted molar refractivity (Wildman–Crippen MR) is 59.2 cm³/mol. The lowest BCUT2D eigenvalue weighted by atomic mass is 10.1. The van der Waals surface area contributed by atoms with Crippen LogP contribution in [0.1, 0.15) is 20.3 Å². The van der Waals surface area contributed by atoms with Gasteiger partial charge in [0.25, 0.3) is 5.91 Å². The normalized spacial score (nSPS) is 16.9. The van der Waals surface area contributed by atoms with Crippen LogP contribution in [0, 0.1) is 0 Å². The van der Waals surface area contributed by atoms with E-state index in [0.29, 0.717) is 0 Å². The maximum absolute atomic E-state index is 11.8. The van der Waals surface area contributed by atoms with Crippen LogP contribution in [0.4, 0.5) is 5.69 Å². The van der Waals surface area contributed by atoms with Crippen molar-refractivity contribution in [2.24, 2.45) is 0 Å². The number of carbonyl (C=O) groups is 1. The zero-order valence-electron chi connectivity index (χ0n) is 9.06. The summed E-state index contributed by atoms with van der Waals surface area (Å²) in [7, 11) is 0. The fourth-order valence-electron chi connectivity index (χ4n) is 1.79. The fourth-order valence-corrected chi connectivity index (χ4v) is 1.79. The van der Waals surface area contributed by atoms with Gasteiger partial charge in [0.05, 0.1) is 5.69 Å². The molecule has 0 saturated heterocycles. The standard InChI is InChI=1S/C12H15NO2/c1-3-9(2)13-10-6-4-5-7-11(10)15-8-12(13)14/h4-7,9H,3,8H2,1-2H3. The number of ether oxygens (including phenoxy) is 1. The van der Waals surface area contributed by atoms with Gasteiger partial charge in [-0.1, -0.05) is 19.1 Å². The molecule has 1 aromatic rings. The van der Waals surface area contributed by atoms with Crippen molar-refractivity contribution < 1.29 is 9.53 Å². The Hall–Kier alpha value is -1.51. The van der Waals surface area contributed by atoms with Crippen molar-refractivity contribution in [1.29, 1.82) is 0 Å². The lowest BCUT2D eigenvalue weighted by molar-refractivity contribution is -0.121. The van der Waals surface area contributed by atoms with E-state index in [2.05, 4.69) is 13.8 Å². The molecule has 0 radical (unpaired) electrons. The lowest BCUT2D eigenvalue weighted by Gasteiger charge is -2.33. The zero-order chi connectivity index (χ0) is 10.8. The molecule has 0 spiro atoms. The molecule has 15 heavy (non-hydrogen) atoms. The number of nitrogens with zero attached hydrogens (tertiary/aromatic N) is 1. The van der Waals surface area contributed by atoms with Gasteiger partial charge in [-0.15, -0.1) is 0 Å². The largest absolute Gasteiger partial charge is 0.482 e. The van der Waals surface area contributed by atoms with E-state index >= 15 is 0 Å². The van der Waals surface area contributed by atoms with Crippen molar-refractivity contribution in [3.8, 4) is 5.75 Å². The molecule has 1 atom stereocenters. The highest BCUT2D eigenvalue weighted by Gasteiger charge is 2.27. The number of hydrogen-bond donors (Lipinski definition) is 0. The number of benzene rings is 1. The van der Waals surface area contributed by atoms with Crippen LogP contribution in [0.25, 0.3) is 0 Å². The Bertz CT molecular complexity index is 376. The highest BCUT2D eigenvalue weighted by Crippen LogP contribution is 2.33. The topological polar surface area (TPSA) is 29.5 Å². The van der Waals surface area contributed by atoms with Crippen molar-refractivity contribution >= 4 is 11.6 Å². The third-order valence-corrected chi connectivity index (χ3v) is 2.78. The van der Waals surface area contributed by atoms with Gasteiger partial charge in [-0.2, -0.15) is 0 Å². The van der Waals surface area contributed by atoms with Crippen LogP contribution in [0.5, 0.6) is 5.75 Å². The smallest absolute Gasteiger partial charge is 0.265 e. The summed E-state index contributed by atoms with van der Waals surface area (Å²) < 4.78 is 5.37. The number of amides is 1. The summed E-state index contributed by atoms with van der Waals surface area (Å²) in [6.07, 6.45) is 0.945. The van der Waals surface area contributed by atoms with Gasteiger partial charge in [-0.25, -0.2) is 0 Å². The van der Waals surface area contributed by atoms with Gasteiger partial charge in [0, 0.05) is 6.04 Å². The fraction of sp³-hybridized carbons (Fsp3) is 0.417. The second kappa shape index (κ2) is 3.93. The highest BCUT2D eigenvalue weighted by atomic mass is 16.5. The second-order valence-electron chi connectivity index (χ2n) is 3.78. The number of fused-ring (bicyclic) bond motifs is 1. The summed E-state index contributed by atoms with van der Waals surface area (Å²) in [6, 6.07) is 7.90. The van der Waals surface area contributed by atoms with E-state index in [1.807, 2.05) is 29.2 Å². The molecule has 0 saturated carbocycles. The molecule has 1 heterocycles. The minimum Gasteiger partial charge on any atom is -0.482 e. The molecule has 2 rings (SSSR count). The molecular formula is C12H15NO2. The van der Waals surface area contributed by atoms with Crippen LogP contribution in [0.2, 0.25) is 0 Å². The summed E-state index contributed by atoms with van der Waals surface area (Å²) >= 11 is 0. The quantitative estimate of drug-likeness (QED) is 0.740. The Morgan fingerprint density at radius 1 is 1.47 bits per heavy atom. The van der Waals surface area contributed by atoms with E-state index in [4.69, 9.17) is 4.74 Å². The predicted octanol–water partition coefficient (Wildman–Crippen LogP) is 2.21. The van der Waals surface area contributed by atoms with Gasteiger partial charge >= 0.3 is 0 Å². The Kier molecular flexibility index (Phi) is 2.62. The first-order valence-corrected chi connectivity index (χ1v) is 5.28. The molecule has 0 bridgehead atoms. The molecule has 0 aromatic heterocycles. The van der Waals surface area contributed by atoms with Crippen LogP contribution in [-0.4, -0.2) is 18.6 Å². The van der Waals surface area contributed by atoms with E-state index < -0.39 is 0 Å².